The van der Waals surface area contributed by atoms with Crippen LogP contribution in [0.1, 0.15) is 38.4 Å². The standard InChI is InChI=1S/C19H25N3O3/c1-13(2)16-11-22(12-17(25-16)14-7-5-4-6-8-14)19(24)15-9-10-18(23)21(3)20-15/h4-8,13,16-17H,9-12H2,1-3H3/t16-,17+/m1/s1. The Morgan fingerprint density at radius 1 is 1.20 bits per heavy atom. The minimum absolute atomic E-state index is 0.0218. The van der Waals surface area contributed by atoms with Gasteiger partial charge < -0.3 is 9.64 Å². The fourth-order valence-electron chi connectivity index (χ4n) is 3.18. The van der Waals surface area contributed by atoms with E-state index in [0.717, 1.165) is 5.56 Å². The van der Waals surface area contributed by atoms with Crippen LogP contribution < -0.4 is 0 Å². The van der Waals surface area contributed by atoms with Crippen LogP contribution in [0.25, 0.3) is 0 Å². The number of rotatable bonds is 3. The molecule has 1 saturated heterocycles. The van der Waals surface area contributed by atoms with Gasteiger partial charge >= 0.3 is 0 Å². The predicted octanol–water partition coefficient (Wildman–Crippen LogP) is 2.22. The largest absolute Gasteiger partial charge is 0.366 e. The molecule has 6 heteroatoms. The molecule has 0 aromatic heterocycles. The molecule has 2 heterocycles. The molecule has 0 bridgehead atoms. The van der Waals surface area contributed by atoms with Gasteiger partial charge in [-0.3, -0.25) is 9.59 Å². The van der Waals surface area contributed by atoms with Gasteiger partial charge in [-0.1, -0.05) is 44.2 Å². The first-order valence-electron chi connectivity index (χ1n) is 8.79. The van der Waals surface area contributed by atoms with Gasteiger partial charge in [0.25, 0.3) is 5.91 Å². The lowest BCUT2D eigenvalue weighted by Crippen LogP contribution is -2.51. The van der Waals surface area contributed by atoms with Crippen LogP contribution in [0.15, 0.2) is 35.4 Å². The Hall–Kier alpha value is -2.21. The molecule has 1 aromatic carbocycles. The number of hydrazone groups is 1. The van der Waals surface area contributed by atoms with E-state index in [4.69, 9.17) is 4.74 Å². The minimum atomic E-state index is -0.144. The van der Waals surface area contributed by atoms with E-state index in [1.165, 1.54) is 5.01 Å². The molecule has 1 aromatic rings. The van der Waals surface area contributed by atoms with Crippen molar-refractivity contribution in [3.05, 3.63) is 35.9 Å². The second-order valence-corrected chi connectivity index (χ2v) is 6.99. The summed E-state index contributed by atoms with van der Waals surface area (Å²) in [7, 11) is 1.60. The highest BCUT2D eigenvalue weighted by Crippen LogP contribution is 2.28. The van der Waals surface area contributed by atoms with Crippen LogP contribution in [-0.4, -0.2) is 53.7 Å². The fourth-order valence-corrected chi connectivity index (χ4v) is 3.18. The summed E-state index contributed by atoms with van der Waals surface area (Å²) in [6, 6.07) is 9.99. The number of hydrogen-bond donors (Lipinski definition) is 0. The Morgan fingerprint density at radius 2 is 1.92 bits per heavy atom. The van der Waals surface area contributed by atoms with Crippen LogP contribution in [0.5, 0.6) is 0 Å². The van der Waals surface area contributed by atoms with E-state index in [9.17, 15) is 9.59 Å². The number of carbonyl (C=O) groups excluding carboxylic acids is 2. The van der Waals surface area contributed by atoms with Gasteiger partial charge in [0.1, 0.15) is 11.8 Å². The second-order valence-electron chi connectivity index (χ2n) is 6.99. The zero-order valence-electron chi connectivity index (χ0n) is 15.0. The van der Waals surface area contributed by atoms with Gasteiger partial charge in [-0.15, -0.1) is 0 Å². The number of amides is 2. The summed E-state index contributed by atoms with van der Waals surface area (Å²) < 4.78 is 6.24. The summed E-state index contributed by atoms with van der Waals surface area (Å²) in [5.74, 6) is 0.161. The van der Waals surface area contributed by atoms with E-state index < -0.39 is 0 Å². The third-order valence-electron chi connectivity index (χ3n) is 4.78. The number of hydrogen-bond acceptors (Lipinski definition) is 4. The van der Waals surface area contributed by atoms with E-state index >= 15 is 0 Å². The fraction of sp³-hybridized carbons (Fsp3) is 0.526. The summed E-state index contributed by atoms with van der Waals surface area (Å²) in [6.45, 7) is 5.26. The number of benzene rings is 1. The third-order valence-corrected chi connectivity index (χ3v) is 4.78. The molecule has 2 atom stereocenters. The second kappa shape index (κ2) is 7.35. The lowest BCUT2D eigenvalue weighted by molar-refractivity contribution is -0.144. The first-order chi connectivity index (χ1) is 12.0. The van der Waals surface area contributed by atoms with Crippen LogP contribution >= 0.6 is 0 Å². The van der Waals surface area contributed by atoms with Crippen molar-refractivity contribution in [3.8, 4) is 0 Å². The van der Waals surface area contributed by atoms with Gasteiger partial charge in [-0.05, 0) is 11.5 Å². The molecule has 3 rings (SSSR count). The minimum Gasteiger partial charge on any atom is -0.366 e. The van der Waals surface area contributed by atoms with Crippen LogP contribution in [0.4, 0.5) is 0 Å². The Morgan fingerprint density at radius 3 is 2.56 bits per heavy atom. The maximum absolute atomic E-state index is 13.0. The predicted molar refractivity (Wildman–Crippen MR) is 94.9 cm³/mol. The molecule has 2 amide bonds. The first-order valence-corrected chi connectivity index (χ1v) is 8.79. The van der Waals surface area contributed by atoms with Gasteiger partial charge in [0.15, 0.2) is 0 Å². The van der Waals surface area contributed by atoms with Crippen molar-refractivity contribution in [2.24, 2.45) is 11.0 Å². The zero-order chi connectivity index (χ0) is 18.0. The smallest absolute Gasteiger partial charge is 0.270 e. The molecule has 6 nitrogen and oxygen atoms in total. The summed E-state index contributed by atoms with van der Waals surface area (Å²) in [6.07, 6.45) is 0.573. The molecule has 1 fully saturated rings. The topological polar surface area (TPSA) is 62.2 Å². The van der Waals surface area contributed by atoms with E-state index in [1.807, 2.05) is 35.2 Å². The molecule has 0 saturated carbocycles. The normalized spacial score (nSPS) is 24.5. The van der Waals surface area contributed by atoms with Gasteiger partial charge in [0.2, 0.25) is 5.91 Å². The Bertz CT molecular complexity index is 672. The lowest BCUT2D eigenvalue weighted by atomic mass is 10.00. The number of nitrogens with zero attached hydrogens (tertiary/aromatic N) is 3. The van der Waals surface area contributed by atoms with Crippen LogP contribution in [-0.2, 0) is 14.3 Å². The number of carbonyl (C=O) groups is 2. The van der Waals surface area contributed by atoms with Crippen molar-refractivity contribution < 1.29 is 14.3 Å². The van der Waals surface area contributed by atoms with Crippen LogP contribution in [0.2, 0.25) is 0 Å². The summed E-state index contributed by atoms with van der Waals surface area (Å²) in [5, 5.41) is 5.44. The highest BCUT2D eigenvalue weighted by molar-refractivity contribution is 6.39. The number of morpholine rings is 1. The van der Waals surface area contributed by atoms with Crippen LogP contribution in [0.3, 0.4) is 0 Å². The van der Waals surface area contributed by atoms with Crippen LogP contribution in [0, 0.1) is 5.92 Å². The molecular weight excluding hydrogens is 318 g/mol. The lowest BCUT2D eigenvalue weighted by Gasteiger charge is -2.40. The Labute approximate surface area is 148 Å². The molecule has 0 spiro atoms. The Kier molecular flexibility index (Phi) is 5.18. The highest BCUT2D eigenvalue weighted by atomic mass is 16.5. The van der Waals surface area contributed by atoms with Crippen molar-refractivity contribution in [2.45, 2.75) is 38.9 Å². The van der Waals surface area contributed by atoms with Gasteiger partial charge in [0, 0.05) is 26.4 Å². The first kappa shape index (κ1) is 17.6. The summed E-state index contributed by atoms with van der Waals surface area (Å²) >= 11 is 0. The maximum Gasteiger partial charge on any atom is 0.270 e. The summed E-state index contributed by atoms with van der Waals surface area (Å²) in [4.78, 5) is 26.4. The maximum atomic E-state index is 13.0. The van der Waals surface area contributed by atoms with E-state index in [1.54, 1.807) is 7.05 Å². The molecule has 2 aliphatic heterocycles. The van der Waals surface area contributed by atoms with Crippen molar-refractivity contribution in [2.75, 3.05) is 20.1 Å². The van der Waals surface area contributed by atoms with E-state index in [-0.39, 0.29) is 24.0 Å². The average Bonchev–Trinajstić information content (AvgIpc) is 2.63. The van der Waals surface area contributed by atoms with Gasteiger partial charge in [-0.25, -0.2) is 5.01 Å². The third kappa shape index (κ3) is 3.90. The number of ether oxygens (including phenoxy) is 1. The monoisotopic (exact) mass is 343 g/mol. The zero-order valence-corrected chi connectivity index (χ0v) is 15.0. The van der Waals surface area contributed by atoms with Crippen molar-refractivity contribution >= 4 is 17.5 Å². The van der Waals surface area contributed by atoms with Gasteiger partial charge in [-0.2, -0.15) is 5.10 Å². The summed E-state index contributed by atoms with van der Waals surface area (Å²) in [5.41, 5.74) is 1.53. The quantitative estimate of drug-likeness (QED) is 0.845. The molecule has 0 aliphatic carbocycles. The van der Waals surface area contributed by atoms with Gasteiger partial charge in [0.05, 0.1) is 12.6 Å². The molecule has 2 aliphatic rings. The molecular formula is C19H25N3O3. The van der Waals surface area contributed by atoms with E-state index in [0.29, 0.717) is 37.6 Å². The molecule has 0 unspecified atom stereocenters. The SMILES string of the molecule is CC(C)[C@H]1CN(C(=O)C2=NN(C)C(=O)CC2)C[C@@H](c2ccccc2)O1. The highest BCUT2D eigenvalue weighted by Gasteiger charge is 2.35. The molecule has 0 radical (unpaired) electrons. The van der Waals surface area contributed by atoms with Crippen molar-refractivity contribution in [1.29, 1.82) is 0 Å². The van der Waals surface area contributed by atoms with Crippen molar-refractivity contribution in [3.63, 3.8) is 0 Å². The molecule has 25 heavy (non-hydrogen) atoms. The molecule has 0 N–H and O–H groups in total. The molecule has 134 valence electrons. The van der Waals surface area contributed by atoms with E-state index in [2.05, 4.69) is 18.9 Å². The van der Waals surface area contributed by atoms with Crippen molar-refractivity contribution in [1.82, 2.24) is 9.91 Å². The Balaban J connectivity index is 1.81. The average molecular weight is 343 g/mol.